The highest BCUT2D eigenvalue weighted by molar-refractivity contribution is 6.01. The number of carbonyl (C=O) groups excluding carboxylic acids is 3. The summed E-state index contributed by atoms with van der Waals surface area (Å²) in [6.07, 6.45) is 2.77. The van der Waals surface area contributed by atoms with Gasteiger partial charge in [-0.1, -0.05) is 26.0 Å². The number of hydrogen-bond acceptors (Lipinski definition) is 4. The Hall–Kier alpha value is -2.37. The molecule has 1 aromatic rings. The van der Waals surface area contributed by atoms with Gasteiger partial charge in [0.25, 0.3) is 0 Å². The van der Waals surface area contributed by atoms with Crippen LogP contribution in [-0.2, 0) is 14.3 Å². The third kappa shape index (κ3) is 6.08. The number of para-hydroxylation sites is 1. The highest BCUT2D eigenvalue weighted by Crippen LogP contribution is 2.30. The fourth-order valence-corrected chi connectivity index (χ4v) is 3.28. The van der Waals surface area contributed by atoms with Crippen LogP contribution in [0.1, 0.15) is 56.8 Å². The maximum Gasteiger partial charge on any atom is 0.340 e. The van der Waals surface area contributed by atoms with Crippen molar-refractivity contribution < 1.29 is 19.1 Å². The molecule has 1 aliphatic carbocycles. The first-order valence-corrected chi connectivity index (χ1v) is 9.77. The second-order valence-electron chi connectivity index (χ2n) is 7.44. The van der Waals surface area contributed by atoms with Crippen LogP contribution in [0.2, 0.25) is 0 Å². The Labute approximate surface area is 161 Å². The molecule has 6 heteroatoms. The summed E-state index contributed by atoms with van der Waals surface area (Å²) in [4.78, 5) is 36.8. The van der Waals surface area contributed by atoms with Gasteiger partial charge in [0.05, 0.1) is 17.9 Å². The summed E-state index contributed by atoms with van der Waals surface area (Å²) in [6, 6.07) is 6.86. The summed E-state index contributed by atoms with van der Waals surface area (Å²) in [7, 11) is 0. The Morgan fingerprint density at radius 1 is 1.04 bits per heavy atom. The predicted molar refractivity (Wildman–Crippen MR) is 104 cm³/mol. The standard InChI is InChI=1S/C21H30N2O4/c1-4-27-21(26)17-7-5-6-8-18(17)23-20(25)16-11-9-15(10-12-16)19(24)22-13-14(2)3/h5-8,14-16H,4,9-13H2,1-3H3,(H,22,24)(H,23,25). The quantitative estimate of drug-likeness (QED) is 0.717. The highest BCUT2D eigenvalue weighted by Gasteiger charge is 2.30. The van der Waals surface area contributed by atoms with E-state index in [4.69, 9.17) is 4.74 Å². The molecule has 0 unspecified atom stereocenters. The minimum absolute atomic E-state index is 0.0142. The number of rotatable bonds is 7. The molecule has 0 radical (unpaired) electrons. The fourth-order valence-electron chi connectivity index (χ4n) is 3.28. The maximum atomic E-state index is 12.6. The van der Waals surface area contributed by atoms with E-state index in [1.165, 1.54) is 0 Å². The Morgan fingerprint density at radius 2 is 1.63 bits per heavy atom. The SMILES string of the molecule is CCOC(=O)c1ccccc1NC(=O)C1CCC(C(=O)NCC(C)C)CC1. The van der Waals surface area contributed by atoms with Crippen LogP contribution in [0.5, 0.6) is 0 Å². The molecule has 0 atom stereocenters. The lowest BCUT2D eigenvalue weighted by Crippen LogP contribution is -2.37. The van der Waals surface area contributed by atoms with E-state index in [0.717, 1.165) is 0 Å². The zero-order valence-corrected chi connectivity index (χ0v) is 16.4. The van der Waals surface area contributed by atoms with Crippen LogP contribution in [-0.4, -0.2) is 30.9 Å². The number of carbonyl (C=O) groups is 3. The predicted octanol–water partition coefficient (Wildman–Crippen LogP) is 3.38. The van der Waals surface area contributed by atoms with Gasteiger partial charge in [0.1, 0.15) is 0 Å². The van der Waals surface area contributed by atoms with Crippen LogP contribution in [0.15, 0.2) is 24.3 Å². The fraction of sp³-hybridized carbons (Fsp3) is 0.571. The summed E-state index contributed by atoms with van der Waals surface area (Å²) in [5, 5.41) is 5.84. The van der Waals surface area contributed by atoms with Crippen molar-refractivity contribution in [2.75, 3.05) is 18.5 Å². The number of ether oxygens (including phenoxy) is 1. The Morgan fingerprint density at radius 3 is 2.22 bits per heavy atom. The average molecular weight is 374 g/mol. The van der Waals surface area contributed by atoms with Gasteiger partial charge in [-0.05, 0) is 50.7 Å². The van der Waals surface area contributed by atoms with Gasteiger partial charge in [-0.15, -0.1) is 0 Å². The lowest BCUT2D eigenvalue weighted by atomic mass is 9.81. The minimum atomic E-state index is -0.445. The van der Waals surface area contributed by atoms with Gasteiger partial charge in [-0.25, -0.2) is 4.79 Å². The molecule has 1 saturated carbocycles. The van der Waals surface area contributed by atoms with Crippen molar-refractivity contribution in [2.24, 2.45) is 17.8 Å². The number of nitrogens with one attached hydrogen (secondary N) is 2. The van der Waals surface area contributed by atoms with Crippen molar-refractivity contribution in [3.8, 4) is 0 Å². The lowest BCUT2D eigenvalue weighted by molar-refractivity contribution is -0.128. The second-order valence-corrected chi connectivity index (χ2v) is 7.44. The van der Waals surface area contributed by atoms with E-state index in [0.29, 0.717) is 49.4 Å². The summed E-state index contributed by atoms with van der Waals surface area (Å²) in [5.74, 6) is -0.188. The van der Waals surface area contributed by atoms with Gasteiger partial charge in [-0.2, -0.15) is 0 Å². The van der Waals surface area contributed by atoms with Crippen LogP contribution in [0.4, 0.5) is 5.69 Å². The summed E-state index contributed by atoms with van der Waals surface area (Å²) in [6.45, 7) is 6.84. The molecule has 27 heavy (non-hydrogen) atoms. The number of esters is 1. The molecule has 1 aromatic carbocycles. The molecule has 0 bridgehead atoms. The third-order valence-electron chi connectivity index (χ3n) is 4.83. The summed E-state index contributed by atoms with van der Waals surface area (Å²) in [5.41, 5.74) is 0.826. The smallest absolute Gasteiger partial charge is 0.340 e. The van der Waals surface area contributed by atoms with Crippen LogP contribution in [0, 0.1) is 17.8 Å². The Balaban J connectivity index is 1.90. The maximum absolute atomic E-state index is 12.6. The lowest BCUT2D eigenvalue weighted by Gasteiger charge is -2.27. The first kappa shape index (κ1) is 20.9. The zero-order chi connectivity index (χ0) is 19.8. The summed E-state index contributed by atoms with van der Waals surface area (Å²) >= 11 is 0. The van der Waals surface area contributed by atoms with Gasteiger partial charge in [0.15, 0.2) is 0 Å². The van der Waals surface area contributed by atoms with E-state index >= 15 is 0 Å². The molecule has 2 rings (SSSR count). The van der Waals surface area contributed by atoms with Crippen molar-refractivity contribution in [3.63, 3.8) is 0 Å². The van der Waals surface area contributed by atoms with E-state index in [1.54, 1.807) is 31.2 Å². The first-order chi connectivity index (χ1) is 12.9. The number of amides is 2. The topological polar surface area (TPSA) is 84.5 Å². The van der Waals surface area contributed by atoms with Crippen molar-refractivity contribution in [2.45, 2.75) is 46.5 Å². The van der Waals surface area contributed by atoms with E-state index < -0.39 is 5.97 Å². The van der Waals surface area contributed by atoms with Gasteiger partial charge in [0.2, 0.25) is 11.8 Å². The molecule has 0 spiro atoms. The van der Waals surface area contributed by atoms with Gasteiger partial charge >= 0.3 is 5.97 Å². The Bertz CT molecular complexity index is 664. The van der Waals surface area contributed by atoms with Gasteiger partial charge < -0.3 is 15.4 Å². The molecule has 148 valence electrons. The molecule has 1 fully saturated rings. The van der Waals surface area contributed by atoms with Gasteiger partial charge in [0, 0.05) is 18.4 Å². The van der Waals surface area contributed by atoms with E-state index in [2.05, 4.69) is 24.5 Å². The Kier molecular flexibility index (Phi) is 7.82. The molecule has 6 nitrogen and oxygen atoms in total. The first-order valence-electron chi connectivity index (χ1n) is 9.77. The van der Waals surface area contributed by atoms with Crippen molar-refractivity contribution >= 4 is 23.5 Å². The normalized spacial score (nSPS) is 19.4. The second kappa shape index (κ2) is 10.1. The van der Waals surface area contributed by atoms with E-state index in [1.807, 2.05) is 0 Å². The summed E-state index contributed by atoms with van der Waals surface area (Å²) < 4.78 is 5.04. The molecule has 0 aromatic heterocycles. The molecular formula is C21H30N2O4. The number of anilines is 1. The molecule has 2 amide bonds. The van der Waals surface area contributed by atoms with Crippen LogP contribution in [0.3, 0.4) is 0 Å². The van der Waals surface area contributed by atoms with E-state index in [-0.39, 0.29) is 30.3 Å². The molecule has 0 saturated heterocycles. The largest absolute Gasteiger partial charge is 0.462 e. The third-order valence-corrected chi connectivity index (χ3v) is 4.83. The van der Waals surface area contributed by atoms with E-state index in [9.17, 15) is 14.4 Å². The average Bonchev–Trinajstić information content (AvgIpc) is 2.66. The molecule has 1 aliphatic rings. The van der Waals surface area contributed by atoms with Crippen molar-refractivity contribution in [3.05, 3.63) is 29.8 Å². The van der Waals surface area contributed by atoms with Crippen LogP contribution >= 0.6 is 0 Å². The zero-order valence-electron chi connectivity index (χ0n) is 16.4. The monoisotopic (exact) mass is 374 g/mol. The number of benzene rings is 1. The molecule has 0 heterocycles. The van der Waals surface area contributed by atoms with Crippen LogP contribution in [0.25, 0.3) is 0 Å². The number of hydrogen-bond donors (Lipinski definition) is 2. The molecule has 0 aliphatic heterocycles. The molecule has 2 N–H and O–H groups in total. The highest BCUT2D eigenvalue weighted by atomic mass is 16.5. The van der Waals surface area contributed by atoms with Crippen molar-refractivity contribution in [1.29, 1.82) is 0 Å². The van der Waals surface area contributed by atoms with Gasteiger partial charge in [-0.3, -0.25) is 9.59 Å². The van der Waals surface area contributed by atoms with Crippen LogP contribution < -0.4 is 10.6 Å². The molecular weight excluding hydrogens is 344 g/mol. The van der Waals surface area contributed by atoms with Crippen molar-refractivity contribution in [1.82, 2.24) is 5.32 Å². The minimum Gasteiger partial charge on any atom is -0.462 e.